The molecule has 1 N–H and O–H groups in total. The summed E-state index contributed by atoms with van der Waals surface area (Å²) in [4.78, 5) is 13.6. The molecule has 5 heteroatoms. The Hall–Kier alpha value is -0.650. The van der Waals surface area contributed by atoms with E-state index in [0.717, 1.165) is 32.2 Å². The van der Waals surface area contributed by atoms with Crippen molar-refractivity contribution in [3.8, 4) is 0 Å². The molecule has 98 valence electrons. The summed E-state index contributed by atoms with van der Waals surface area (Å²) >= 11 is 0. The summed E-state index contributed by atoms with van der Waals surface area (Å²) in [7, 11) is 1.38. The van der Waals surface area contributed by atoms with Crippen molar-refractivity contribution in [1.82, 2.24) is 4.90 Å². The molecule has 5 nitrogen and oxygen atoms in total. The van der Waals surface area contributed by atoms with Gasteiger partial charge in [-0.05, 0) is 12.8 Å². The fraction of sp³-hybridized carbons (Fsp3) is 0.917. The van der Waals surface area contributed by atoms with Gasteiger partial charge in [0.1, 0.15) is 0 Å². The normalized spacial score (nSPS) is 35.5. The molecule has 0 radical (unpaired) electrons. The lowest BCUT2D eigenvalue weighted by atomic mass is 9.91. The van der Waals surface area contributed by atoms with Crippen molar-refractivity contribution in [2.24, 2.45) is 0 Å². The van der Waals surface area contributed by atoms with E-state index in [0.29, 0.717) is 13.2 Å². The van der Waals surface area contributed by atoms with Gasteiger partial charge in [-0.3, -0.25) is 4.90 Å². The topological polar surface area (TPSA) is 59.0 Å². The van der Waals surface area contributed by atoms with E-state index in [1.807, 2.05) is 0 Å². The van der Waals surface area contributed by atoms with Crippen molar-refractivity contribution in [3.63, 3.8) is 0 Å². The Balaban J connectivity index is 1.94. The highest BCUT2D eigenvalue weighted by molar-refractivity contribution is 5.74. The average molecular weight is 243 g/mol. The summed E-state index contributed by atoms with van der Waals surface area (Å²) < 4.78 is 10.1. The monoisotopic (exact) mass is 243 g/mol. The molecule has 3 unspecified atom stereocenters. The van der Waals surface area contributed by atoms with Crippen LogP contribution >= 0.6 is 0 Å². The van der Waals surface area contributed by atoms with E-state index in [1.54, 1.807) is 0 Å². The highest BCUT2D eigenvalue weighted by Crippen LogP contribution is 2.24. The Morgan fingerprint density at radius 1 is 1.41 bits per heavy atom. The zero-order valence-corrected chi connectivity index (χ0v) is 10.3. The molecule has 0 aromatic heterocycles. The Labute approximate surface area is 102 Å². The van der Waals surface area contributed by atoms with Crippen LogP contribution in [0.1, 0.15) is 25.7 Å². The number of methoxy groups -OCH3 is 1. The minimum atomic E-state index is -0.497. The van der Waals surface area contributed by atoms with Crippen LogP contribution in [-0.2, 0) is 14.3 Å². The van der Waals surface area contributed by atoms with E-state index in [1.165, 1.54) is 7.11 Å². The van der Waals surface area contributed by atoms with Crippen LogP contribution in [0.15, 0.2) is 0 Å². The number of ether oxygens (including phenoxy) is 2. The molecule has 1 aliphatic carbocycles. The highest BCUT2D eigenvalue weighted by Gasteiger charge is 2.35. The van der Waals surface area contributed by atoms with Gasteiger partial charge >= 0.3 is 5.97 Å². The zero-order valence-electron chi connectivity index (χ0n) is 10.3. The number of nitrogens with zero attached hydrogens (tertiary/aromatic N) is 1. The first kappa shape index (κ1) is 12.8. The van der Waals surface area contributed by atoms with E-state index in [4.69, 9.17) is 9.47 Å². The van der Waals surface area contributed by atoms with Crippen LogP contribution in [0.5, 0.6) is 0 Å². The molecule has 1 aliphatic heterocycles. The van der Waals surface area contributed by atoms with Gasteiger partial charge in [-0.1, -0.05) is 12.8 Å². The van der Waals surface area contributed by atoms with Crippen molar-refractivity contribution in [1.29, 1.82) is 0 Å². The second kappa shape index (κ2) is 5.80. The van der Waals surface area contributed by atoms with Gasteiger partial charge in [0, 0.05) is 19.1 Å². The summed E-state index contributed by atoms with van der Waals surface area (Å²) in [5.74, 6) is -0.319. The van der Waals surface area contributed by atoms with Crippen LogP contribution in [0.2, 0.25) is 0 Å². The number of rotatable bonds is 2. The first-order chi connectivity index (χ1) is 8.22. The Morgan fingerprint density at radius 2 is 2.18 bits per heavy atom. The van der Waals surface area contributed by atoms with E-state index < -0.39 is 6.10 Å². The molecule has 17 heavy (non-hydrogen) atoms. The summed E-state index contributed by atoms with van der Waals surface area (Å²) in [6, 6.07) is 0.180. The van der Waals surface area contributed by atoms with E-state index in [9.17, 15) is 9.90 Å². The lowest BCUT2D eigenvalue weighted by Crippen LogP contribution is -2.54. The maximum Gasteiger partial charge on any atom is 0.336 e. The van der Waals surface area contributed by atoms with Crippen LogP contribution in [0.25, 0.3) is 0 Å². The smallest absolute Gasteiger partial charge is 0.336 e. The number of carbonyl (C=O) groups is 1. The molecule has 0 amide bonds. The van der Waals surface area contributed by atoms with Gasteiger partial charge in [0.05, 0.1) is 19.8 Å². The third-order valence-electron chi connectivity index (χ3n) is 3.72. The summed E-state index contributed by atoms with van der Waals surface area (Å²) in [5.41, 5.74) is 0. The number of aliphatic hydroxyl groups excluding tert-OH is 1. The number of hydrogen-bond acceptors (Lipinski definition) is 5. The fourth-order valence-corrected chi connectivity index (χ4v) is 2.76. The minimum absolute atomic E-state index is 0.180. The quantitative estimate of drug-likeness (QED) is 0.700. The standard InChI is InChI=1S/C12H21NO4/c1-16-12(15)11-8-13(6-7-17-11)9-4-2-3-5-10(9)14/h9-11,14H,2-8H2,1H3. The molecule has 2 rings (SSSR count). The Bertz CT molecular complexity index is 271. The number of esters is 1. The minimum Gasteiger partial charge on any atom is -0.467 e. The molecule has 0 aromatic carbocycles. The molecule has 1 heterocycles. The number of aliphatic hydroxyl groups is 1. The van der Waals surface area contributed by atoms with Crippen LogP contribution in [0.4, 0.5) is 0 Å². The third-order valence-corrected chi connectivity index (χ3v) is 3.72. The largest absolute Gasteiger partial charge is 0.467 e. The summed E-state index contributed by atoms with van der Waals surface area (Å²) in [5, 5.41) is 10.0. The van der Waals surface area contributed by atoms with E-state index in [2.05, 4.69) is 4.90 Å². The van der Waals surface area contributed by atoms with Gasteiger partial charge in [0.25, 0.3) is 0 Å². The molecule has 0 bridgehead atoms. The lowest BCUT2D eigenvalue weighted by molar-refractivity contribution is -0.162. The Morgan fingerprint density at radius 3 is 2.88 bits per heavy atom. The molecule has 2 aliphatic rings. The predicted octanol–water partition coefficient (Wildman–Crippen LogP) is 0.164. The predicted molar refractivity (Wildman–Crippen MR) is 61.6 cm³/mol. The number of morpholine rings is 1. The first-order valence-electron chi connectivity index (χ1n) is 6.34. The Kier molecular flexibility index (Phi) is 4.36. The van der Waals surface area contributed by atoms with Crippen LogP contribution in [0, 0.1) is 0 Å². The van der Waals surface area contributed by atoms with Crippen LogP contribution in [-0.4, -0.2) is 61.0 Å². The second-order valence-corrected chi connectivity index (χ2v) is 4.80. The van der Waals surface area contributed by atoms with E-state index in [-0.39, 0.29) is 18.1 Å². The second-order valence-electron chi connectivity index (χ2n) is 4.80. The zero-order chi connectivity index (χ0) is 12.3. The van der Waals surface area contributed by atoms with Crippen molar-refractivity contribution in [3.05, 3.63) is 0 Å². The van der Waals surface area contributed by atoms with Gasteiger partial charge in [0.15, 0.2) is 6.10 Å². The van der Waals surface area contributed by atoms with Gasteiger partial charge in [-0.15, -0.1) is 0 Å². The van der Waals surface area contributed by atoms with Gasteiger partial charge in [-0.2, -0.15) is 0 Å². The maximum atomic E-state index is 11.4. The van der Waals surface area contributed by atoms with Gasteiger partial charge in [0.2, 0.25) is 0 Å². The molecular formula is C12H21NO4. The molecule has 3 atom stereocenters. The van der Waals surface area contributed by atoms with Crippen molar-refractivity contribution >= 4 is 5.97 Å². The molecular weight excluding hydrogens is 222 g/mol. The highest BCUT2D eigenvalue weighted by atomic mass is 16.6. The molecule has 0 spiro atoms. The van der Waals surface area contributed by atoms with E-state index >= 15 is 0 Å². The molecule has 0 aromatic rings. The number of hydrogen-bond donors (Lipinski definition) is 1. The van der Waals surface area contributed by atoms with Crippen molar-refractivity contribution in [2.75, 3.05) is 26.8 Å². The third kappa shape index (κ3) is 2.97. The molecule has 1 saturated heterocycles. The maximum absolute atomic E-state index is 11.4. The lowest BCUT2D eigenvalue weighted by Gasteiger charge is -2.41. The molecule has 1 saturated carbocycles. The van der Waals surface area contributed by atoms with Crippen LogP contribution in [0.3, 0.4) is 0 Å². The summed E-state index contributed by atoms with van der Waals surface area (Å²) in [6.07, 6.45) is 3.37. The fourth-order valence-electron chi connectivity index (χ4n) is 2.76. The van der Waals surface area contributed by atoms with Gasteiger partial charge in [-0.25, -0.2) is 4.79 Å². The van der Waals surface area contributed by atoms with Crippen molar-refractivity contribution in [2.45, 2.75) is 43.9 Å². The number of carbonyl (C=O) groups excluding carboxylic acids is 1. The SMILES string of the molecule is COC(=O)C1CN(C2CCCCC2O)CCO1. The average Bonchev–Trinajstić information content (AvgIpc) is 2.38. The molecule has 2 fully saturated rings. The van der Waals surface area contributed by atoms with Crippen LogP contribution < -0.4 is 0 Å². The van der Waals surface area contributed by atoms with Crippen molar-refractivity contribution < 1.29 is 19.4 Å². The van der Waals surface area contributed by atoms with Gasteiger partial charge < -0.3 is 14.6 Å². The summed E-state index contributed by atoms with van der Waals surface area (Å²) in [6.45, 7) is 1.85. The first-order valence-corrected chi connectivity index (χ1v) is 6.34.